The maximum Gasteiger partial charge on any atom is 0.326 e. The summed E-state index contributed by atoms with van der Waals surface area (Å²) in [7, 11) is -1.96. The summed E-state index contributed by atoms with van der Waals surface area (Å²) >= 11 is 0. The van der Waals surface area contributed by atoms with Crippen molar-refractivity contribution in [1.29, 1.82) is 0 Å². The van der Waals surface area contributed by atoms with Crippen molar-refractivity contribution in [2.24, 2.45) is 0 Å². The highest BCUT2D eigenvalue weighted by Crippen LogP contribution is 2.36. The van der Waals surface area contributed by atoms with Gasteiger partial charge in [-0.05, 0) is 30.3 Å². The second-order valence-electron chi connectivity index (χ2n) is 8.14. The van der Waals surface area contributed by atoms with Crippen LogP contribution in [0.25, 0.3) is 10.9 Å². The van der Waals surface area contributed by atoms with Crippen LogP contribution in [-0.4, -0.2) is 42.9 Å². The average molecular weight is 389 g/mol. The number of carbonyl (C=O) groups excluding carboxylic acids is 1. The maximum absolute atomic E-state index is 12.7. The Kier molecular flexibility index (Phi) is 6.38. The molecular weight excluding hydrogens is 360 g/mol. The molecule has 0 bridgehead atoms. The summed E-state index contributed by atoms with van der Waals surface area (Å²) in [4.78, 5) is 28.5. The van der Waals surface area contributed by atoms with Gasteiger partial charge in [0.1, 0.15) is 6.04 Å². The van der Waals surface area contributed by atoms with Gasteiger partial charge in [-0.1, -0.05) is 39.0 Å². The van der Waals surface area contributed by atoms with Gasteiger partial charge in [0.05, 0.1) is 11.1 Å². The first-order valence-electron chi connectivity index (χ1n) is 9.04. The molecule has 27 heavy (non-hydrogen) atoms. The molecule has 146 valence electrons. The number of carboxylic acid groups (broad SMARTS) is 1. The number of fused-ring (bicyclic) bond motifs is 1. The molecule has 2 rings (SSSR count). The lowest BCUT2D eigenvalue weighted by molar-refractivity contribution is -0.139. The number of benzene rings is 1. The number of carbonyl (C=O) groups is 2. The molecule has 0 aliphatic carbocycles. The molecule has 2 aromatic rings. The molecule has 7 heteroatoms. The number of aliphatic carboxylic acids is 1. The van der Waals surface area contributed by atoms with E-state index < -0.39 is 26.2 Å². The normalized spacial score (nSPS) is 13.4. The van der Waals surface area contributed by atoms with Crippen molar-refractivity contribution in [2.75, 3.05) is 6.61 Å². The van der Waals surface area contributed by atoms with Gasteiger partial charge in [-0.2, -0.15) is 0 Å². The second-order valence-corrected chi connectivity index (χ2v) is 12.9. The first-order valence-corrected chi connectivity index (χ1v) is 11.9. The zero-order chi connectivity index (χ0) is 20.2. The van der Waals surface area contributed by atoms with Gasteiger partial charge in [-0.15, -0.1) is 0 Å². The lowest BCUT2D eigenvalue weighted by Crippen LogP contribution is -2.44. The molecule has 1 heterocycles. The van der Waals surface area contributed by atoms with Crippen LogP contribution in [0.3, 0.4) is 0 Å². The van der Waals surface area contributed by atoms with Crippen LogP contribution in [0.1, 0.15) is 37.6 Å². The minimum Gasteiger partial charge on any atom is -0.480 e. The summed E-state index contributed by atoms with van der Waals surface area (Å²) in [5.74, 6) is -1.49. The Morgan fingerprint density at radius 3 is 2.52 bits per heavy atom. The molecule has 0 fully saturated rings. The molecule has 1 amide bonds. The van der Waals surface area contributed by atoms with Crippen LogP contribution >= 0.6 is 0 Å². The van der Waals surface area contributed by atoms with E-state index in [1.807, 2.05) is 18.2 Å². The van der Waals surface area contributed by atoms with Crippen molar-refractivity contribution >= 4 is 31.1 Å². The van der Waals surface area contributed by atoms with Gasteiger partial charge in [0.15, 0.2) is 8.32 Å². The van der Waals surface area contributed by atoms with Crippen molar-refractivity contribution < 1.29 is 19.1 Å². The third kappa shape index (κ3) is 5.14. The van der Waals surface area contributed by atoms with Gasteiger partial charge in [0.2, 0.25) is 0 Å². The number of carboxylic acids is 1. The number of aromatic nitrogens is 1. The van der Waals surface area contributed by atoms with E-state index in [-0.39, 0.29) is 11.5 Å². The lowest BCUT2D eigenvalue weighted by atomic mass is 10.1. The Morgan fingerprint density at radius 2 is 1.89 bits per heavy atom. The van der Waals surface area contributed by atoms with E-state index in [1.165, 1.54) is 0 Å². The molecule has 0 aliphatic rings. The molecule has 0 radical (unpaired) electrons. The van der Waals surface area contributed by atoms with Crippen LogP contribution in [0.4, 0.5) is 0 Å². The zero-order valence-electron chi connectivity index (χ0n) is 16.6. The van der Waals surface area contributed by atoms with E-state index in [4.69, 9.17) is 4.43 Å². The fourth-order valence-corrected chi connectivity index (χ4v) is 3.50. The number of pyridine rings is 1. The summed E-state index contributed by atoms with van der Waals surface area (Å²) in [6, 6.07) is 7.87. The minimum atomic E-state index is -1.96. The van der Waals surface area contributed by atoms with Gasteiger partial charge in [-0.3, -0.25) is 9.78 Å². The van der Waals surface area contributed by atoms with Gasteiger partial charge in [0.25, 0.3) is 5.91 Å². The van der Waals surface area contributed by atoms with Crippen LogP contribution in [0.2, 0.25) is 18.1 Å². The molecular formula is C20H28N2O4Si. The molecule has 1 atom stereocenters. The lowest BCUT2D eigenvalue weighted by Gasteiger charge is -2.36. The number of rotatable bonds is 7. The smallest absolute Gasteiger partial charge is 0.326 e. The van der Waals surface area contributed by atoms with Crippen LogP contribution in [0, 0.1) is 0 Å². The van der Waals surface area contributed by atoms with E-state index in [2.05, 4.69) is 44.2 Å². The predicted octanol–water partition coefficient (Wildman–Crippen LogP) is 3.83. The Hall–Kier alpha value is -2.25. The van der Waals surface area contributed by atoms with E-state index in [9.17, 15) is 14.7 Å². The molecule has 0 saturated heterocycles. The van der Waals surface area contributed by atoms with Gasteiger partial charge in [0, 0.05) is 24.6 Å². The molecule has 0 unspecified atom stereocenters. The SMILES string of the molecule is CC(C)(C)[Si](C)(C)OCC[C@@H](NC(=O)c1ccnc2ccccc12)C(=O)O. The number of nitrogens with one attached hydrogen (secondary N) is 1. The largest absolute Gasteiger partial charge is 0.480 e. The molecule has 6 nitrogen and oxygen atoms in total. The molecule has 0 saturated carbocycles. The highest BCUT2D eigenvalue weighted by atomic mass is 28.4. The summed E-state index contributed by atoms with van der Waals surface area (Å²) in [5, 5.41) is 12.9. The Morgan fingerprint density at radius 1 is 1.22 bits per heavy atom. The van der Waals surface area contributed by atoms with Crippen LogP contribution in [0.5, 0.6) is 0 Å². The highest BCUT2D eigenvalue weighted by molar-refractivity contribution is 6.74. The fourth-order valence-electron chi connectivity index (χ4n) is 2.44. The first-order chi connectivity index (χ1) is 12.5. The topological polar surface area (TPSA) is 88.5 Å². The van der Waals surface area contributed by atoms with Crippen LogP contribution < -0.4 is 5.32 Å². The Bertz CT molecular complexity index is 825. The zero-order valence-corrected chi connectivity index (χ0v) is 17.6. The summed E-state index contributed by atoms with van der Waals surface area (Å²) in [6.45, 7) is 10.9. The second kappa shape index (κ2) is 8.18. The van der Waals surface area contributed by atoms with Crippen molar-refractivity contribution in [1.82, 2.24) is 10.3 Å². The van der Waals surface area contributed by atoms with E-state index in [0.717, 1.165) is 0 Å². The summed E-state index contributed by atoms with van der Waals surface area (Å²) in [6.07, 6.45) is 1.77. The maximum atomic E-state index is 12.7. The monoisotopic (exact) mass is 388 g/mol. The Labute approximate surface area is 161 Å². The van der Waals surface area contributed by atoms with Crippen molar-refractivity contribution in [3.8, 4) is 0 Å². The molecule has 0 aliphatic heterocycles. The fraction of sp³-hybridized carbons (Fsp3) is 0.450. The van der Waals surface area contributed by atoms with Gasteiger partial charge in [-0.25, -0.2) is 4.79 Å². The minimum absolute atomic E-state index is 0.0465. The van der Waals surface area contributed by atoms with Crippen molar-refractivity contribution in [3.05, 3.63) is 42.1 Å². The third-order valence-electron chi connectivity index (χ3n) is 5.17. The average Bonchev–Trinajstić information content (AvgIpc) is 2.59. The molecule has 2 N–H and O–H groups in total. The van der Waals surface area contributed by atoms with Gasteiger partial charge >= 0.3 is 5.97 Å². The van der Waals surface area contributed by atoms with Crippen LogP contribution in [0.15, 0.2) is 36.5 Å². The Balaban J connectivity index is 2.07. The van der Waals surface area contributed by atoms with Crippen molar-refractivity contribution in [2.45, 2.75) is 51.4 Å². The van der Waals surface area contributed by atoms with E-state index >= 15 is 0 Å². The van der Waals surface area contributed by atoms with Crippen molar-refractivity contribution in [3.63, 3.8) is 0 Å². The molecule has 1 aromatic heterocycles. The number of hydrogen-bond acceptors (Lipinski definition) is 4. The number of nitrogens with zero attached hydrogens (tertiary/aromatic N) is 1. The molecule has 1 aromatic carbocycles. The number of hydrogen-bond donors (Lipinski definition) is 2. The standard InChI is InChI=1S/C20H28N2O4Si/c1-20(2,3)27(4,5)26-13-11-17(19(24)25)22-18(23)15-10-12-21-16-9-7-6-8-14(15)16/h6-10,12,17H,11,13H2,1-5H3,(H,22,23)(H,24,25)/t17-/m1/s1. The summed E-state index contributed by atoms with van der Waals surface area (Å²) < 4.78 is 6.05. The number of amides is 1. The number of para-hydroxylation sites is 1. The first kappa shape index (κ1) is 21.1. The van der Waals surface area contributed by atoms with E-state index in [1.54, 1.807) is 18.3 Å². The van der Waals surface area contributed by atoms with E-state index in [0.29, 0.717) is 23.1 Å². The summed E-state index contributed by atoms with van der Waals surface area (Å²) in [5.41, 5.74) is 1.11. The highest BCUT2D eigenvalue weighted by Gasteiger charge is 2.37. The van der Waals surface area contributed by atoms with Gasteiger partial charge < -0.3 is 14.8 Å². The third-order valence-corrected chi connectivity index (χ3v) is 9.71. The van der Waals surface area contributed by atoms with Crippen LogP contribution in [-0.2, 0) is 9.22 Å². The molecule has 0 spiro atoms. The quantitative estimate of drug-likeness (QED) is 0.704. The predicted molar refractivity (Wildman–Crippen MR) is 108 cm³/mol.